The van der Waals surface area contributed by atoms with E-state index in [1.165, 1.54) is 12.3 Å². The Morgan fingerprint density at radius 1 is 1.29 bits per heavy atom. The van der Waals surface area contributed by atoms with Crippen LogP contribution in [-0.2, 0) is 0 Å². The number of carbonyl (C=O) groups is 1. The number of aromatic nitrogens is 1. The standard InChI is InChI=1S/C17H17FN2O3S/c18-13-5-11-14(6-15(13)19-4-3-10(24)7-19)20(9-1-2-9)8-12(16(11)21)17(22)23/h5-6,8-10,24H,1-4,7H2,(H,22,23)/t10-/m1/s1. The van der Waals surface area contributed by atoms with Crippen LogP contribution in [-0.4, -0.2) is 34.0 Å². The summed E-state index contributed by atoms with van der Waals surface area (Å²) >= 11 is 4.44. The Labute approximate surface area is 143 Å². The van der Waals surface area contributed by atoms with E-state index in [2.05, 4.69) is 12.6 Å². The van der Waals surface area contributed by atoms with E-state index in [0.29, 0.717) is 17.7 Å². The number of nitrogens with zero attached hydrogens (tertiary/aromatic N) is 2. The average molecular weight is 348 g/mol. The van der Waals surface area contributed by atoms with Crippen LogP contribution in [0.1, 0.15) is 35.7 Å². The molecule has 2 aromatic rings. The van der Waals surface area contributed by atoms with Gasteiger partial charge in [-0.3, -0.25) is 4.79 Å². The van der Waals surface area contributed by atoms with Crippen molar-refractivity contribution >= 4 is 35.2 Å². The van der Waals surface area contributed by atoms with Crippen molar-refractivity contribution in [3.8, 4) is 0 Å². The van der Waals surface area contributed by atoms with Gasteiger partial charge < -0.3 is 14.6 Å². The predicted octanol–water partition coefficient (Wildman–Crippen LogP) is 2.68. The van der Waals surface area contributed by atoms with Gasteiger partial charge in [-0.2, -0.15) is 12.6 Å². The van der Waals surface area contributed by atoms with Crippen molar-refractivity contribution in [1.29, 1.82) is 0 Å². The molecule has 0 radical (unpaired) electrons. The Morgan fingerprint density at radius 2 is 2.04 bits per heavy atom. The zero-order valence-corrected chi connectivity index (χ0v) is 13.8. The van der Waals surface area contributed by atoms with Gasteiger partial charge in [-0.15, -0.1) is 0 Å². The Morgan fingerprint density at radius 3 is 2.62 bits per heavy atom. The summed E-state index contributed by atoms with van der Waals surface area (Å²) in [4.78, 5) is 25.7. The molecule has 1 aromatic heterocycles. The highest BCUT2D eigenvalue weighted by molar-refractivity contribution is 7.81. The molecule has 1 aromatic carbocycles. The fraction of sp³-hybridized carbons (Fsp3) is 0.412. The van der Waals surface area contributed by atoms with E-state index in [1.807, 2.05) is 9.47 Å². The van der Waals surface area contributed by atoms with Crippen LogP contribution in [0.2, 0.25) is 0 Å². The first-order valence-corrected chi connectivity index (χ1v) is 8.52. The third-order valence-electron chi connectivity index (χ3n) is 4.78. The third kappa shape index (κ3) is 2.47. The van der Waals surface area contributed by atoms with Gasteiger partial charge in [0.2, 0.25) is 5.43 Å². The normalized spacial score (nSPS) is 20.8. The highest BCUT2D eigenvalue weighted by Crippen LogP contribution is 2.38. The number of hydrogen-bond acceptors (Lipinski definition) is 4. The molecular weight excluding hydrogens is 331 g/mol. The molecule has 0 amide bonds. The number of benzene rings is 1. The molecule has 0 unspecified atom stereocenters. The molecular formula is C17H17FN2O3S. The lowest BCUT2D eigenvalue weighted by molar-refractivity contribution is 0.0695. The molecule has 1 aliphatic heterocycles. The molecule has 4 rings (SSSR count). The summed E-state index contributed by atoms with van der Waals surface area (Å²) in [5.74, 6) is -1.77. The predicted molar refractivity (Wildman–Crippen MR) is 93.0 cm³/mol. The largest absolute Gasteiger partial charge is 0.477 e. The van der Waals surface area contributed by atoms with Gasteiger partial charge in [-0.1, -0.05) is 0 Å². The number of pyridine rings is 1. The van der Waals surface area contributed by atoms with Crippen molar-refractivity contribution in [1.82, 2.24) is 4.57 Å². The van der Waals surface area contributed by atoms with Crippen molar-refractivity contribution in [2.75, 3.05) is 18.0 Å². The van der Waals surface area contributed by atoms with Gasteiger partial charge in [-0.25, -0.2) is 9.18 Å². The molecule has 2 heterocycles. The fourth-order valence-electron chi connectivity index (χ4n) is 3.37. The topological polar surface area (TPSA) is 62.5 Å². The molecule has 24 heavy (non-hydrogen) atoms. The van der Waals surface area contributed by atoms with Crippen molar-refractivity contribution in [3.63, 3.8) is 0 Å². The molecule has 2 aliphatic rings. The molecule has 5 nitrogen and oxygen atoms in total. The summed E-state index contributed by atoms with van der Waals surface area (Å²) in [6.07, 6.45) is 4.16. The molecule has 0 bridgehead atoms. The van der Waals surface area contributed by atoms with E-state index in [4.69, 9.17) is 0 Å². The second-order valence-electron chi connectivity index (χ2n) is 6.52. The zero-order valence-electron chi connectivity index (χ0n) is 12.9. The van der Waals surface area contributed by atoms with Gasteiger partial charge in [0.1, 0.15) is 11.4 Å². The van der Waals surface area contributed by atoms with E-state index < -0.39 is 17.2 Å². The van der Waals surface area contributed by atoms with Gasteiger partial charge in [0.05, 0.1) is 11.2 Å². The maximum atomic E-state index is 14.6. The van der Waals surface area contributed by atoms with Gasteiger partial charge >= 0.3 is 5.97 Å². The number of anilines is 1. The minimum atomic E-state index is -1.28. The van der Waals surface area contributed by atoms with Crippen LogP contribution in [0, 0.1) is 5.82 Å². The van der Waals surface area contributed by atoms with Gasteiger partial charge in [0.25, 0.3) is 0 Å². The lowest BCUT2D eigenvalue weighted by Crippen LogP contribution is -2.23. The summed E-state index contributed by atoms with van der Waals surface area (Å²) in [5, 5.41) is 9.59. The van der Waals surface area contributed by atoms with Gasteiger partial charge in [0.15, 0.2) is 0 Å². The van der Waals surface area contributed by atoms with Gasteiger partial charge in [0, 0.05) is 36.0 Å². The number of halogens is 1. The molecule has 2 fully saturated rings. The summed E-state index contributed by atoms with van der Waals surface area (Å²) in [5.41, 5.74) is 0.119. The minimum absolute atomic E-state index is 0.129. The van der Waals surface area contributed by atoms with E-state index in [9.17, 15) is 19.1 Å². The third-order valence-corrected chi connectivity index (χ3v) is 5.20. The first kappa shape index (κ1) is 15.5. The quantitative estimate of drug-likeness (QED) is 0.837. The van der Waals surface area contributed by atoms with Crippen molar-refractivity contribution in [3.05, 3.63) is 39.9 Å². The number of aromatic carboxylic acids is 1. The highest BCUT2D eigenvalue weighted by atomic mass is 32.1. The minimum Gasteiger partial charge on any atom is -0.477 e. The Hall–Kier alpha value is -2.02. The smallest absolute Gasteiger partial charge is 0.341 e. The number of rotatable bonds is 3. The van der Waals surface area contributed by atoms with E-state index in [1.54, 1.807) is 6.07 Å². The lowest BCUT2D eigenvalue weighted by Gasteiger charge is -2.21. The van der Waals surface area contributed by atoms with Crippen LogP contribution in [0.25, 0.3) is 10.9 Å². The van der Waals surface area contributed by atoms with Crippen LogP contribution >= 0.6 is 12.6 Å². The average Bonchev–Trinajstić information content (AvgIpc) is 3.28. The summed E-state index contributed by atoms with van der Waals surface area (Å²) < 4.78 is 16.4. The lowest BCUT2D eigenvalue weighted by atomic mass is 10.1. The molecule has 1 atom stereocenters. The molecule has 126 valence electrons. The number of carboxylic acids is 1. The van der Waals surface area contributed by atoms with Crippen LogP contribution in [0.3, 0.4) is 0 Å². The zero-order chi connectivity index (χ0) is 17.0. The summed E-state index contributed by atoms with van der Waals surface area (Å²) in [6, 6.07) is 3.05. The Bertz CT molecular complexity index is 907. The first-order valence-electron chi connectivity index (χ1n) is 8.00. The van der Waals surface area contributed by atoms with Crippen LogP contribution in [0.15, 0.2) is 23.1 Å². The van der Waals surface area contributed by atoms with Crippen molar-refractivity contribution < 1.29 is 14.3 Å². The van der Waals surface area contributed by atoms with Crippen molar-refractivity contribution in [2.45, 2.75) is 30.6 Å². The number of carboxylic acid groups (broad SMARTS) is 1. The number of hydrogen-bond donors (Lipinski definition) is 2. The summed E-state index contributed by atoms with van der Waals surface area (Å²) in [6.45, 7) is 1.38. The second kappa shape index (κ2) is 5.51. The second-order valence-corrected chi connectivity index (χ2v) is 7.26. The molecule has 1 aliphatic carbocycles. The van der Waals surface area contributed by atoms with E-state index in [-0.39, 0.29) is 22.2 Å². The Kier molecular flexibility index (Phi) is 3.56. The van der Waals surface area contributed by atoms with Crippen LogP contribution in [0.5, 0.6) is 0 Å². The van der Waals surface area contributed by atoms with Crippen LogP contribution < -0.4 is 10.3 Å². The molecule has 0 spiro atoms. The Balaban J connectivity index is 1.95. The molecule has 1 N–H and O–H groups in total. The maximum Gasteiger partial charge on any atom is 0.341 e. The van der Waals surface area contributed by atoms with Crippen LogP contribution in [0.4, 0.5) is 10.1 Å². The molecule has 7 heteroatoms. The first-order chi connectivity index (χ1) is 11.5. The molecule has 1 saturated carbocycles. The maximum absolute atomic E-state index is 14.6. The van der Waals surface area contributed by atoms with E-state index in [0.717, 1.165) is 25.8 Å². The molecule has 1 saturated heterocycles. The van der Waals surface area contributed by atoms with E-state index >= 15 is 0 Å². The number of fused-ring (bicyclic) bond motifs is 1. The fourth-order valence-corrected chi connectivity index (χ4v) is 3.68. The summed E-state index contributed by atoms with van der Waals surface area (Å²) in [7, 11) is 0. The highest BCUT2D eigenvalue weighted by Gasteiger charge is 2.29. The SMILES string of the molecule is O=C(O)c1cn(C2CC2)c2cc(N3CC[C@@H](S)C3)c(F)cc2c1=O. The van der Waals surface area contributed by atoms with Gasteiger partial charge in [-0.05, 0) is 31.4 Å². The number of thiol groups is 1. The monoisotopic (exact) mass is 348 g/mol. The van der Waals surface area contributed by atoms with Crippen molar-refractivity contribution in [2.24, 2.45) is 0 Å².